The normalized spacial score (nSPS) is 14.2. The van der Waals surface area contributed by atoms with Crippen molar-refractivity contribution in [3.63, 3.8) is 0 Å². The minimum atomic E-state index is -0.821. The molecule has 2 atom stereocenters. The van der Waals surface area contributed by atoms with Gasteiger partial charge < -0.3 is 9.84 Å². The van der Waals surface area contributed by atoms with E-state index in [4.69, 9.17) is 0 Å². The third-order valence-electron chi connectivity index (χ3n) is 2.58. The van der Waals surface area contributed by atoms with Gasteiger partial charge in [-0.05, 0) is 17.7 Å². The number of hydrogen-bond donors (Lipinski definition) is 1. The summed E-state index contributed by atoms with van der Waals surface area (Å²) in [5.41, 5.74) is 0.790. The molecule has 0 spiro atoms. The maximum absolute atomic E-state index is 12.7. The summed E-state index contributed by atoms with van der Waals surface area (Å²) in [5.74, 6) is -1.01. The molecule has 0 saturated heterocycles. The molecule has 4 heteroatoms. The first-order chi connectivity index (χ1) is 7.54. The molecule has 0 radical (unpaired) electrons. The van der Waals surface area contributed by atoms with Gasteiger partial charge in [0.1, 0.15) is 5.82 Å². The Hall–Kier alpha value is -1.42. The van der Waals surface area contributed by atoms with Crippen molar-refractivity contribution in [2.75, 3.05) is 7.11 Å². The second-order valence-corrected chi connectivity index (χ2v) is 3.69. The van der Waals surface area contributed by atoms with Crippen molar-refractivity contribution in [3.05, 3.63) is 35.6 Å². The molecule has 0 aliphatic carbocycles. The molecule has 3 nitrogen and oxygen atoms in total. The Morgan fingerprint density at radius 1 is 1.44 bits per heavy atom. The molecule has 0 amide bonds. The zero-order valence-corrected chi connectivity index (χ0v) is 9.31. The van der Waals surface area contributed by atoms with Crippen molar-refractivity contribution in [2.24, 2.45) is 0 Å². The lowest BCUT2D eigenvalue weighted by atomic mass is 9.93. The molecule has 1 rings (SSSR count). The quantitative estimate of drug-likeness (QED) is 0.797. The van der Waals surface area contributed by atoms with Crippen LogP contribution in [-0.4, -0.2) is 24.3 Å². The molecule has 0 aliphatic rings. The fourth-order valence-corrected chi connectivity index (χ4v) is 1.42. The molecule has 1 aromatic carbocycles. The van der Waals surface area contributed by atoms with E-state index in [9.17, 15) is 14.3 Å². The highest BCUT2D eigenvalue weighted by atomic mass is 19.1. The Kier molecular flexibility index (Phi) is 4.43. The third kappa shape index (κ3) is 3.31. The van der Waals surface area contributed by atoms with E-state index in [1.165, 1.54) is 19.2 Å². The molecule has 0 aromatic heterocycles. The van der Waals surface area contributed by atoms with Crippen LogP contribution in [0.15, 0.2) is 24.3 Å². The number of aliphatic hydroxyl groups is 1. The lowest BCUT2D eigenvalue weighted by molar-refractivity contribution is -0.143. The number of rotatable bonds is 4. The Labute approximate surface area is 93.9 Å². The number of carbonyl (C=O) groups excluding carboxylic acids is 1. The molecule has 1 aromatic rings. The smallest absolute Gasteiger partial charge is 0.308 e. The third-order valence-corrected chi connectivity index (χ3v) is 2.58. The van der Waals surface area contributed by atoms with E-state index < -0.39 is 12.1 Å². The second-order valence-electron chi connectivity index (χ2n) is 3.69. The second kappa shape index (κ2) is 5.61. The predicted octanol–water partition coefficient (Wildman–Crippen LogP) is 1.85. The molecule has 0 heterocycles. The highest BCUT2D eigenvalue weighted by molar-refractivity contribution is 5.69. The van der Waals surface area contributed by atoms with Crippen LogP contribution in [0.1, 0.15) is 24.8 Å². The van der Waals surface area contributed by atoms with Gasteiger partial charge in [0.2, 0.25) is 0 Å². The van der Waals surface area contributed by atoms with E-state index in [0.29, 0.717) is 0 Å². The van der Waals surface area contributed by atoms with Gasteiger partial charge in [-0.25, -0.2) is 4.39 Å². The molecule has 16 heavy (non-hydrogen) atoms. The lowest BCUT2D eigenvalue weighted by Crippen LogP contribution is -2.20. The van der Waals surface area contributed by atoms with Crippen LogP contribution in [-0.2, 0) is 9.53 Å². The van der Waals surface area contributed by atoms with Crippen LogP contribution in [0.5, 0.6) is 0 Å². The SMILES string of the molecule is COC(=O)C[C@H](O)C(C)c1ccc(F)cc1. The van der Waals surface area contributed by atoms with Crippen molar-refractivity contribution in [2.45, 2.75) is 25.4 Å². The topological polar surface area (TPSA) is 46.5 Å². The first-order valence-electron chi connectivity index (χ1n) is 5.05. The van der Waals surface area contributed by atoms with Gasteiger partial charge in [0.25, 0.3) is 0 Å². The number of methoxy groups -OCH3 is 1. The molecule has 0 saturated carbocycles. The van der Waals surface area contributed by atoms with Gasteiger partial charge in [0.05, 0.1) is 19.6 Å². The van der Waals surface area contributed by atoms with Crippen LogP contribution < -0.4 is 0 Å². The van der Waals surface area contributed by atoms with Crippen molar-refractivity contribution < 1.29 is 19.0 Å². The maximum atomic E-state index is 12.7. The number of ether oxygens (including phenoxy) is 1. The minimum Gasteiger partial charge on any atom is -0.469 e. The van der Waals surface area contributed by atoms with E-state index in [1.54, 1.807) is 19.1 Å². The van der Waals surface area contributed by atoms with Gasteiger partial charge in [-0.2, -0.15) is 0 Å². The molecule has 0 bridgehead atoms. The van der Waals surface area contributed by atoms with Crippen LogP contribution in [0.2, 0.25) is 0 Å². The van der Waals surface area contributed by atoms with Crippen LogP contribution in [0, 0.1) is 5.82 Å². The standard InChI is InChI=1S/C12H15FO3/c1-8(11(14)7-12(15)16-2)9-3-5-10(13)6-4-9/h3-6,8,11,14H,7H2,1-2H3/t8?,11-/m0/s1. The van der Waals surface area contributed by atoms with Gasteiger partial charge in [-0.3, -0.25) is 4.79 Å². The Morgan fingerprint density at radius 3 is 2.50 bits per heavy atom. The molecular weight excluding hydrogens is 211 g/mol. The summed E-state index contributed by atoms with van der Waals surface area (Å²) < 4.78 is 17.1. The summed E-state index contributed by atoms with van der Waals surface area (Å²) in [4.78, 5) is 11.0. The Balaban J connectivity index is 2.66. The zero-order valence-electron chi connectivity index (χ0n) is 9.31. The zero-order chi connectivity index (χ0) is 12.1. The van der Waals surface area contributed by atoms with E-state index >= 15 is 0 Å². The lowest BCUT2D eigenvalue weighted by Gasteiger charge is -2.18. The molecule has 88 valence electrons. The average Bonchev–Trinajstić information content (AvgIpc) is 2.28. The molecular formula is C12H15FO3. The first kappa shape index (κ1) is 12.6. The van der Waals surface area contributed by atoms with Crippen molar-refractivity contribution in [1.82, 2.24) is 0 Å². The first-order valence-corrected chi connectivity index (χ1v) is 5.05. The van der Waals surface area contributed by atoms with Crippen LogP contribution in [0.3, 0.4) is 0 Å². The highest BCUT2D eigenvalue weighted by Crippen LogP contribution is 2.21. The Bertz CT molecular complexity index is 348. The van der Waals surface area contributed by atoms with Gasteiger partial charge in [0, 0.05) is 5.92 Å². The van der Waals surface area contributed by atoms with E-state index in [2.05, 4.69) is 4.74 Å². The fraction of sp³-hybridized carbons (Fsp3) is 0.417. The number of carbonyl (C=O) groups is 1. The van der Waals surface area contributed by atoms with Gasteiger partial charge in [-0.1, -0.05) is 19.1 Å². The van der Waals surface area contributed by atoms with Crippen LogP contribution in [0.25, 0.3) is 0 Å². The van der Waals surface area contributed by atoms with E-state index in [-0.39, 0.29) is 18.2 Å². The van der Waals surface area contributed by atoms with E-state index in [1.807, 2.05) is 0 Å². The number of aliphatic hydroxyl groups excluding tert-OH is 1. The molecule has 1 unspecified atom stereocenters. The summed E-state index contributed by atoms with van der Waals surface area (Å²) in [6, 6.07) is 5.86. The monoisotopic (exact) mass is 226 g/mol. The van der Waals surface area contributed by atoms with Crippen molar-refractivity contribution >= 4 is 5.97 Å². The fourth-order valence-electron chi connectivity index (χ4n) is 1.42. The minimum absolute atomic E-state index is 0.0605. The average molecular weight is 226 g/mol. The van der Waals surface area contributed by atoms with Crippen LogP contribution >= 0.6 is 0 Å². The summed E-state index contributed by atoms with van der Waals surface area (Å²) in [6.45, 7) is 1.78. The summed E-state index contributed by atoms with van der Waals surface area (Å²) in [7, 11) is 1.28. The summed E-state index contributed by atoms with van der Waals surface area (Å²) >= 11 is 0. The van der Waals surface area contributed by atoms with E-state index in [0.717, 1.165) is 5.56 Å². The molecule has 0 fully saturated rings. The number of esters is 1. The predicted molar refractivity (Wildman–Crippen MR) is 57.5 cm³/mol. The summed E-state index contributed by atoms with van der Waals surface area (Å²) in [6.07, 6.45) is -0.882. The van der Waals surface area contributed by atoms with Crippen molar-refractivity contribution in [1.29, 1.82) is 0 Å². The molecule has 0 aliphatic heterocycles. The van der Waals surface area contributed by atoms with Gasteiger partial charge in [0.15, 0.2) is 0 Å². The number of halogens is 1. The Morgan fingerprint density at radius 2 is 2.00 bits per heavy atom. The maximum Gasteiger partial charge on any atom is 0.308 e. The molecule has 1 N–H and O–H groups in total. The number of hydrogen-bond acceptors (Lipinski definition) is 3. The number of benzene rings is 1. The van der Waals surface area contributed by atoms with Gasteiger partial charge in [-0.15, -0.1) is 0 Å². The summed E-state index contributed by atoms with van der Waals surface area (Å²) in [5, 5.41) is 9.75. The van der Waals surface area contributed by atoms with Crippen LogP contribution in [0.4, 0.5) is 4.39 Å². The highest BCUT2D eigenvalue weighted by Gasteiger charge is 2.19. The van der Waals surface area contributed by atoms with Crippen molar-refractivity contribution in [3.8, 4) is 0 Å². The largest absolute Gasteiger partial charge is 0.469 e. The van der Waals surface area contributed by atoms with Gasteiger partial charge >= 0.3 is 5.97 Å².